The number of carbonyl (C=O) groups excluding carboxylic acids is 1. The summed E-state index contributed by atoms with van der Waals surface area (Å²) in [4.78, 5) is 13.4. The van der Waals surface area contributed by atoms with E-state index in [1.165, 1.54) is 6.42 Å². The van der Waals surface area contributed by atoms with Crippen molar-refractivity contribution in [3.8, 4) is 0 Å². The molecule has 0 radical (unpaired) electrons. The molecule has 4 heteroatoms. The average Bonchev–Trinajstić information content (AvgIpc) is 2.18. The van der Waals surface area contributed by atoms with Crippen molar-refractivity contribution in [1.82, 2.24) is 10.2 Å². The van der Waals surface area contributed by atoms with Gasteiger partial charge in [0.15, 0.2) is 0 Å². The van der Waals surface area contributed by atoms with Gasteiger partial charge in [0, 0.05) is 32.2 Å². The molecule has 0 aliphatic carbocycles. The lowest BCUT2D eigenvalue weighted by Crippen LogP contribution is -2.43. The molecule has 1 saturated heterocycles. The molecule has 2 amide bonds. The van der Waals surface area contributed by atoms with Crippen LogP contribution in [0, 0.1) is 5.92 Å². The topological polar surface area (TPSA) is 41.6 Å². The number of amides is 2. The van der Waals surface area contributed by atoms with Gasteiger partial charge in [-0.15, -0.1) is 0 Å². The molecule has 1 aliphatic rings. The number of nitrogens with zero attached hydrogens (tertiary/aromatic N) is 1. The maximum absolute atomic E-state index is 11.6. The lowest BCUT2D eigenvalue weighted by molar-refractivity contribution is 0.0457. The predicted octanol–water partition coefficient (Wildman–Crippen LogP) is 1.46. The van der Waals surface area contributed by atoms with E-state index in [2.05, 4.69) is 5.32 Å². The van der Waals surface area contributed by atoms with Crippen molar-refractivity contribution in [3.63, 3.8) is 0 Å². The molecule has 1 N–H and O–H groups in total. The molecule has 0 aromatic carbocycles. The Balaban J connectivity index is 2.26. The summed E-state index contributed by atoms with van der Waals surface area (Å²) >= 11 is 0. The van der Waals surface area contributed by atoms with Crippen LogP contribution in [0.4, 0.5) is 4.79 Å². The molecule has 1 fully saturated rings. The van der Waals surface area contributed by atoms with Gasteiger partial charge >= 0.3 is 6.03 Å². The third-order valence-electron chi connectivity index (χ3n) is 2.55. The summed E-state index contributed by atoms with van der Waals surface area (Å²) in [6.45, 7) is 6.39. The van der Waals surface area contributed by atoms with Gasteiger partial charge in [0.25, 0.3) is 0 Å². The Labute approximate surface area is 92.0 Å². The number of rotatable bonds is 3. The van der Waals surface area contributed by atoms with E-state index in [-0.39, 0.29) is 12.1 Å². The Kier molecular flexibility index (Phi) is 4.88. The summed E-state index contributed by atoms with van der Waals surface area (Å²) in [7, 11) is 1.84. The van der Waals surface area contributed by atoms with Gasteiger partial charge in [0.05, 0.1) is 6.61 Å². The first-order valence-corrected chi connectivity index (χ1v) is 5.69. The highest BCUT2D eigenvalue weighted by Gasteiger charge is 2.18. The zero-order valence-electron chi connectivity index (χ0n) is 9.95. The molecule has 1 aliphatic heterocycles. The van der Waals surface area contributed by atoms with E-state index in [0.29, 0.717) is 5.92 Å². The predicted molar refractivity (Wildman–Crippen MR) is 59.8 cm³/mol. The van der Waals surface area contributed by atoms with Gasteiger partial charge < -0.3 is 15.0 Å². The average molecular weight is 214 g/mol. The number of ether oxygens (including phenoxy) is 1. The molecule has 1 atom stereocenters. The molecule has 88 valence electrons. The standard InChI is InChI=1S/C11H22N2O2/c1-9(2)12-11(14)13(3)7-10-5-4-6-15-8-10/h9-10H,4-8H2,1-3H3,(H,12,14). The molecule has 4 nitrogen and oxygen atoms in total. The lowest BCUT2D eigenvalue weighted by Gasteiger charge is -2.27. The molecule has 0 saturated carbocycles. The van der Waals surface area contributed by atoms with Gasteiger partial charge in [-0.2, -0.15) is 0 Å². The highest BCUT2D eigenvalue weighted by Crippen LogP contribution is 2.14. The highest BCUT2D eigenvalue weighted by atomic mass is 16.5. The van der Waals surface area contributed by atoms with Crippen LogP contribution in [0.15, 0.2) is 0 Å². The maximum Gasteiger partial charge on any atom is 0.317 e. The minimum absolute atomic E-state index is 0.00979. The fourth-order valence-electron chi connectivity index (χ4n) is 1.78. The van der Waals surface area contributed by atoms with Crippen molar-refractivity contribution in [3.05, 3.63) is 0 Å². The second kappa shape index (κ2) is 5.95. The van der Waals surface area contributed by atoms with E-state index in [9.17, 15) is 4.79 Å². The fraction of sp³-hybridized carbons (Fsp3) is 0.909. The fourth-order valence-corrected chi connectivity index (χ4v) is 1.78. The first-order valence-electron chi connectivity index (χ1n) is 5.69. The van der Waals surface area contributed by atoms with E-state index in [0.717, 1.165) is 26.2 Å². The van der Waals surface area contributed by atoms with Crippen LogP contribution in [0.5, 0.6) is 0 Å². The maximum atomic E-state index is 11.6. The summed E-state index contributed by atoms with van der Waals surface area (Å²) < 4.78 is 5.39. The molecule has 0 aromatic heterocycles. The highest BCUT2D eigenvalue weighted by molar-refractivity contribution is 5.74. The Morgan fingerprint density at radius 1 is 1.60 bits per heavy atom. The Morgan fingerprint density at radius 2 is 2.33 bits per heavy atom. The third-order valence-corrected chi connectivity index (χ3v) is 2.55. The van der Waals surface area contributed by atoms with E-state index >= 15 is 0 Å². The van der Waals surface area contributed by atoms with Crippen LogP contribution >= 0.6 is 0 Å². The zero-order valence-corrected chi connectivity index (χ0v) is 9.95. The van der Waals surface area contributed by atoms with Crippen molar-refractivity contribution in [2.45, 2.75) is 32.7 Å². The Morgan fingerprint density at radius 3 is 2.87 bits per heavy atom. The number of carbonyl (C=O) groups is 1. The molecule has 15 heavy (non-hydrogen) atoms. The molecule has 0 spiro atoms. The molecular formula is C11H22N2O2. The normalized spacial score (nSPS) is 21.5. The van der Waals surface area contributed by atoms with E-state index < -0.39 is 0 Å². The van der Waals surface area contributed by atoms with Gasteiger partial charge in [0.2, 0.25) is 0 Å². The van der Waals surface area contributed by atoms with E-state index in [4.69, 9.17) is 4.74 Å². The molecule has 1 rings (SSSR count). The van der Waals surface area contributed by atoms with Crippen molar-refractivity contribution < 1.29 is 9.53 Å². The van der Waals surface area contributed by atoms with Crippen LogP contribution in [0.25, 0.3) is 0 Å². The van der Waals surface area contributed by atoms with Crippen molar-refractivity contribution >= 4 is 6.03 Å². The summed E-state index contributed by atoms with van der Waals surface area (Å²) in [5.41, 5.74) is 0. The number of hydrogen-bond acceptors (Lipinski definition) is 2. The van der Waals surface area contributed by atoms with Crippen LogP contribution in [-0.4, -0.2) is 43.8 Å². The van der Waals surface area contributed by atoms with Crippen molar-refractivity contribution in [1.29, 1.82) is 0 Å². The van der Waals surface area contributed by atoms with Crippen LogP contribution in [0.1, 0.15) is 26.7 Å². The zero-order chi connectivity index (χ0) is 11.3. The van der Waals surface area contributed by atoms with Crippen LogP contribution in [0.2, 0.25) is 0 Å². The van der Waals surface area contributed by atoms with Crippen molar-refractivity contribution in [2.75, 3.05) is 26.8 Å². The Bertz CT molecular complexity index is 201. The second-order valence-corrected chi connectivity index (χ2v) is 4.57. The molecule has 1 heterocycles. The van der Waals surface area contributed by atoms with Crippen LogP contribution < -0.4 is 5.32 Å². The van der Waals surface area contributed by atoms with Crippen LogP contribution in [0.3, 0.4) is 0 Å². The first kappa shape index (κ1) is 12.3. The van der Waals surface area contributed by atoms with Gasteiger partial charge in [-0.05, 0) is 26.7 Å². The summed E-state index contributed by atoms with van der Waals surface area (Å²) in [6.07, 6.45) is 2.28. The number of urea groups is 1. The largest absolute Gasteiger partial charge is 0.381 e. The number of nitrogens with one attached hydrogen (secondary N) is 1. The molecule has 1 unspecified atom stereocenters. The van der Waals surface area contributed by atoms with Crippen LogP contribution in [-0.2, 0) is 4.74 Å². The smallest absolute Gasteiger partial charge is 0.317 e. The molecule has 0 aromatic rings. The summed E-state index contributed by atoms with van der Waals surface area (Å²) in [5, 5.41) is 2.88. The third kappa shape index (κ3) is 4.51. The number of hydrogen-bond donors (Lipinski definition) is 1. The van der Waals surface area contributed by atoms with Crippen molar-refractivity contribution in [2.24, 2.45) is 5.92 Å². The van der Waals surface area contributed by atoms with Gasteiger partial charge in [-0.3, -0.25) is 0 Å². The van der Waals surface area contributed by atoms with Gasteiger partial charge in [-0.1, -0.05) is 0 Å². The minimum atomic E-state index is 0.00979. The van der Waals surface area contributed by atoms with Gasteiger partial charge in [0.1, 0.15) is 0 Å². The SMILES string of the molecule is CC(C)NC(=O)N(C)CC1CCCOC1. The monoisotopic (exact) mass is 214 g/mol. The quantitative estimate of drug-likeness (QED) is 0.773. The van der Waals surface area contributed by atoms with Gasteiger partial charge in [-0.25, -0.2) is 4.79 Å². The minimum Gasteiger partial charge on any atom is -0.381 e. The Hall–Kier alpha value is -0.770. The first-order chi connectivity index (χ1) is 7.09. The lowest BCUT2D eigenvalue weighted by atomic mass is 10.0. The second-order valence-electron chi connectivity index (χ2n) is 4.57. The van der Waals surface area contributed by atoms with E-state index in [1.54, 1.807) is 4.90 Å². The van der Waals surface area contributed by atoms with E-state index in [1.807, 2.05) is 20.9 Å². The molecule has 0 bridgehead atoms. The molecular weight excluding hydrogens is 192 g/mol. The summed E-state index contributed by atoms with van der Waals surface area (Å²) in [6, 6.07) is 0.207. The summed E-state index contributed by atoms with van der Waals surface area (Å²) in [5.74, 6) is 0.502.